The number of carboxylic acid groups (broad SMARTS) is 2. The largest absolute Gasteiger partial charge is 0.508 e. The van der Waals surface area contributed by atoms with Gasteiger partial charge in [-0.25, -0.2) is 4.79 Å². The maximum absolute atomic E-state index is 13.1. The molecule has 0 saturated heterocycles. The summed E-state index contributed by atoms with van der Waals surface area (Å²) in [4.78, 5) is 73.0. The molecule has 0 aromatic heterocycles. The Morgan fingerprint density at radius 3 is 1.75 bits per heavy atom. The Morgan fingerprint density at radius 1 is 0.675 bits per heavy atom. The molecular weight excluding hydrogens is 526 g/mol. The molecule has 0 radical (unpaired) electrons. The molecule has 0 fully saturated rings. The molecule has 40 heavy (non-hydrogen) atoms. The van der Waals surface area contributed by atoms with Crippen LogP contribution in [0, 0.1) is 0 Å². The number of aromatic hydroxyl groups is 1. The number of phenols is 1. The third-order valence-corrected chi connectivity index (χ3v) is 5.68. The number of hydrogen-bond acceptors (Lipinski definition) is 8. The maximum atomic E-state index is 13.1. The minimum absolute atomic E-state index is 0.0720. The number of carboxylic acids is 2. The van der Waals surface area contributed by atoms with Crippen LogP contribution in [-0.2, 0) is 41.6 Å². The van der Waals surface area contributed by atoms with Crippen LogP contribution < -0.4 is 27.4 Å². The Hall–Kier alpha value is -4.98. The quantitative estimate of drug-likeness (QED) is 0.124. The number of carbonyl (C=O) groups excluding carboxylic acids is 4. The zero-order valence-corrected chi connectivity index (χ0v) is 21.3. The van der Waals surface area contributed by atoms with Gasteiger partial charge < -0.3 is 42.7 Å². The van der Waals surface area contributed by atoms with E-state index in [1.54, 1.807) is 30.3 Å². The monoisotopic (exact) mass is 557 g/mol. The average molecular weight is 558 g/mol. The molecule has 0 saturated carbocycles. The first-order chi connectivity index (χ1) is 18.8. The number of primary amides is 1. The third kappa shape index (κ3) is 10.4. The molecule has 2 aromatic rings. The lowest BCUT2D eigenvalue weighted by Crippen LogP contribution is -2.58. The van der Waals surface area contributed by atoms with E-state index in [9.17, 15) is 39.0 Å². The van der Waals surface area contributed by atoms with Crippen LogP contribution in [0.5, 0.6) is 5.75 Å². The second-order valence-corrected chi connectivity index (χ2v) is 8.96. The predicted molar refractivity (Wildman–Crippen MR) is 139 cm³/mol. The Balaban J connectivity index is 2.23. The molecule has 0 spiro atoms. The smallest absolute Gasteiger partial charge is 0.326 e. The highest BCUT2D eigenvalue weighted by molar-refractivity contribution is 5.96. The summed E-state index contributed by atoms with van der Waals surface area (Å²) in [7, 11) is 0. The van der Waals surface area contributed by atoms with Gasteiger partial charge in [0.05, 0.1) is 18.9 Å². The molecule has 2 aromatic carbocycles. The van der Waals surface area contributed by atoms with Gasteiger partial charge in [0.2, 0.25) is 23.6 Å². The standard InChI is InChI=1S/C26H31N5O9/c27-17(10-14-4-2-1-3-5-14)23(36)29-19(12-21(28)33)25(38)30-18(11-15-6-8-16(32)9-7-15)24(37)31-20(26(39)40)13-22(34)35/h1-9,17-20,32H,10-13,27H2,(H2,28,33)(H,29,36)(H,30,38)(H,31,37)(H,34,35)(H,39,40). The van der Waals surface area contributed by atoms with Crippen molar-refractivity contribution in [3.63, 3.8) is 0 Å². The first-order valence-corrected chi connectivity index (χ1v) is 12.1. The van der Waals surface area contributed by atoms with Gasteiger partial charge in [-0.05, 0) is 29.7 Å². The Morgan fingerprint density at radius 2 is 1.20 bits per heavy atom. The van der Waals surface area contributed by atoms with Gasteiger partial charge in [0.25, 0.3) is 0 Å². The van der Waals surface area contributed by atoms with Crippen LogP contribution in [0.1, 0.15) is 24.0 Å². The van der Waals surface area contributed by atoms with Gasteiger partial charge in [0.15, 0.2) is 0 Å². The number of benzene rings is 2. The summed E-state index contributed by atoms with van der Waals surface area (Å²) in [5.41, 5.74) is 12.4. The minimum atomic E-state index is -1.80. The van der Waals surface area contributed by atoms with Crippen LogP contribution in [0.3, 0.4) is 0 Å². The van der Waals surface area contributed by atoms with Crippen LogP contribution in [0.25, 0.3) is 0 Å². The van der Waals surface area contributed by atoms with Gasteiger partial charge in [0.1, 0.15) is 23.9 Å². The van der Waals surface area contributed by atoms with E-state index in [2.05, 4.69) is 16.0 Å². The number of nitrogens with one attached hydrogen (secondary N) is 3. The number of amides is 4. The zero-order chi connectivity index (χ0) is 29.8. The highest BCUT2D eigenvalue weighted by Gasteiger charge is 2.32. The van der Waals surface area contributed by atoms with Gasteiger partial charge in [-0.1, -0.05) is 42.5 Å². The molecule has 14 nitrogen and oxygen atoms in total. The van der Waals surface area contributed by atoms with Crippen LogP contribution in [-0.4, -0.2) is 75.1 Å². The topological polar surface area (TPSA) is 251 Å². The zero-order valence-electron chi connectivity index (χ0n) is 21.3. The van der Waals surface area contributed by atoms with Crippen molar-refractivity contribution in [2.75, 3.05) is 0 Å². The van der Waals surface area contributed by atoms with E-state index in [1.165, 1.54) is 24.3 Å². The van der Waals surface area contributed by atoms with Gasteiger partial charge in [-0.15, -0.1) is 0 Å². The Kier molecular flexibility index (Phi) is 11.6. The summed E-state index contributed by atoms with van der Waals surface area (Å²) in [6.07, 6.45) is -1.66. The molecular formula is C26H31N5O9. The molecule has 2 rings (SSSR count). The van der Waals surface area contributed by atoms with Crippen molar-refractivity contribution >= 4 is 35.6 Å². The highest BCUT2D eigenvalue weighted by Crippen LogP contribution is 2.12. The lowest BCUT2D eigenvalue weighted by atomic mass is 10.0. The SMILES string of the molecule is NC(=O)CC(NC(=O)C(N)Cc1ccccc1)C(=O)NC(Cc1ccc(O)cc1)C(=O)NC(CC(=O)O)C(=O)O. The van der Waals surface area contributed by atoms with Gasteiger partial charge in [0, 0.05) is 6.42 Å². The van der Waals surface area contributed by atoms with Crippen molar-refractivity contribution in [3.05, 3.63) is 65.7 Å². The molecule has 0 aliphatic heterocycles. The van der Waals surface area contributed by atoms with Crippen molar-refractivity contribution in [3.8, 4) is 5.75 Å². The molecule has 4 atom stereocenters. The molecule has 214 valence electrons. The molecule has 4 amide bonds. The molecule has 10 N–H and O–H groups in total. The lowest BCUT2D eigenvalue weighted by molar-refractivity contribution is -0.147. The Bertz CT molecular complexity index is 1220. The number of aliphatic carboxylic acids is 2. The summed E-state index contributed by atoms with van der Waals surface area (Å²) in [5, 5.41) is 34.6. The number of rotatable bonds is 15. The number of nitrogens with two attached hydrogens (primary N) is 2. The first kappa shape index (κ1) is 31.2. The molecule has 14 heteroatoms. The van der Waals surface area contributed by atoms with Crippen LogP contribution in [0.2, 0.25) is 0 Å². The second-order valence-electron chi connectivity index (χ2n) is 8.96. The van der Waals surface area contributed by atoms with Crippen molar-refractivity contribution in [2.45, 2.75) is 49.9 Å². The highest BCUT2D eigenvalue weighted by atomic mass is 16.4. The number of hydrogen-bond donors (Lipinski definition) is 8. The summed E-state index contributed by atoms with van der Waals surface area (Å²) < 4.78 is 0. The average Bonchev–Trinajstić information content (AvgIpc) is 2.88. The van der Waals surface area contributed by atoms with E-state index < -0.39 is 72.6 Å². The summed E-state index contributed by atoms with van der Waals surface area (Å²) in [5.74, 6) is -6.92. The normalized spacial score (nSPS) is 13.6. The molecule has 4 unspecified atom stereocenters. The fourth-order valence-corrected chi connectivity index (χ4v) is 3.65. The predicted octanol–water partition coefficient (Wildman–Crippen LogP) is -1.61. The summed E-state index contributed by atoms with van der Waals surface area (Å²) >= 11 is 0. The fourth-order valence-electron chi connectivity index (χ4n) is 3.65. The summed E-state index contributed by atoms with van der Waals surface area (Å²) in [6, 6.07) is 8.43. The molecule has 0 aliphatic carbocycles. The first-order valence-electron chi connectivity index (χ1n) is 12.1. The van der Waals surface area contributed by atoms with Crippen molar-refractivity contribution in [2.24, 2.45) is 11.5 Å². The maximum Gasteiger partial charge on any atom is 0.326 e. The fraction of sp³-hybridized carbons (Fsp3) is 0.308. The third-order valence-electron chi connectivity index (χ3n) is 5.68. The van der Waals surface area contributed by atoms with Crippen molar-refractivity contribution < 1.29 is 44.1 Å². The second kappa shape index (κ2) is 14.8. The van der Waals surface area contributed by atoms with E-state index in [0.29, 0.717) is 5.56 Å². The molecule has 0 heterocycles. The van der Waals surface area contributed by atoms with Crippen molar-refractivity contribution in [1.82, 2.24) is 16.0 Å². The van der Waals surface area contributed by atoms with E-state index >= 15 is 0 Å². The van der Waals surface area contributed by atoms with E-state index in [0.717, 1.165) is 5.56 Å². The van der Waals surface area contributed by atoms with Crippen LogP contribution >= 0.6 is 0 Å². The number of phenolic OH excluding ortho intramolecular Hbond substituents is 1. The molecule has 0 bridgehead atoms. The van der Waals surface area contributed by atoms with E-state index in [-0.39, 0.29) is 18.6 Å². The van der Waals surface area contributed by atoms with E-state index in [4.69, 9.17) is 16.6 Å². The van der Waals surface area contributed by atoms with Crippen molar-refractivity contribution in [1.29, 1.82) is 0 Å². The van der Waals surface area contributed by atoms with Gasteiger partial charge in [-0.3, -0.25) is 24.0 Å². The Labute approximate surface area is 228 Å². The van der Waals surface area contributed by atoms with Crippen LogP contribution in [0.15, 0.2) is 54.6 Å². The van der Waals surface area contributed by atoms with Gasteiger partial charge in [-0.2, -0.15) is 0 Å². The van der Waals surface area contributed by atoms with E-state index in [1.807, 2.05) is 0 Å². The number of carbonyl (C=O) groups is 6. The van der Waals surface area contributed by atoms with Crippen LogP contribution in [0.4, 0.5) is 0 Å². The summed E-state index contributed by atoms with van der Waals surface area (Å²) in [6.45, 7) is 0. The van der Waals surface area contributed by atoms with Gasteiger partial charge >= 0.3 is 11.9 Å². The minimum Gasteiger partial charge on any atom is -0.508 e. The lowest BCUT2D eigenvalue weighted by Gasteiger charge is -2.25. The molecule has 0 aliphatic rings.